The van der Waals surface area contributed by atoms with Crippen molar-refractivity contribution in [2.75, 3.05) is 7.11 Å². The third kappa shape index (κ3) is 3.68. The number of pyridine rings is 1. The highest BCUT2D eigenvalue weighted by atomic mass is 16.5. The summed E-state index contributed by atoms with van der Waals surface area (Å²) in [5, 5.41) is 0.714. The number of carbonyl (C=O) groups is 2. The Labute approximate surface area is 167 Å². The second kappa shape index (κ2) is 7.58. The number of methoxy groups -OCH3 is 1. The van der Waals surface area contributed by atoms with Crippen LogP contribution in [0.15, 0.2) is 47.4 Å². The van der Waals surface area contributed by atoms with Crippen LogP contribution in [0.1, 0.15) is 41.4 Å². The van der Waals surface area contributed by atoms with Crippen LogP contribution < -0.4 is 10.3 Å². The van der Waals surface area contributed by atoms with Gasteiger partial charge in [-0.15, -0.1) is 0 Å². The molecular weight excluding hydrogens is 372 g/mol. The van der Waals surface area contributed by atoms with Gasteiger partial charge in [-0.05, 0) is 44.0 Å². The van der Waals surface area contributed by atoms with Crippen molar-refractivity contribution >= 4 is 22.8 Å². The van der Waals surface area contributed by atoms with Gasteiger partial charge in [0.25, 0.3) is 5.56 Å². The van der Waals surface area contributed by atoms with Gasteiger partial charge >= 0.3 is 11.9 Å². The summed E-state index contributed by atoms with van der Waals surface area (Å²) in [4.78, 5) is 36.3. The van der Waals surface area contributed by atoms with Crippen LogP contribution in [-0.4, -0.2) is 28.2 Å². The van der Waals surface area contributed by atoms with Gasteiger partial charge in [0.2, 0.25) is 0 Å². The van der Waals surface area contributed by atoms with Crippen molar-refractivity contribution in [3.8, 4) is 5.75 Å². The molecule has 1 saturated carbocycles. The molecule has 7 nitrogen and oxygen atoms in total. The number of hydrogen-bond acceptors (Lipinski definition) is 5. The number of aryl methyl sites for hydroxylation is 1. The number of nitrogens with zero attached hydrogens (tertiary/aromatic N) is 2. The van der Waals surface area contributed by atoms with Crippen molar-refractivity contribution in [1.29, 1.82) is 0 Å². The summed E-state index contributed by atoms with van der Waals surface area (Å²) in [7, 11) is 1.36. The third-order valence-corrected chi connectivity index (χ3v) is 5.21. The van der Waals surface area contributed by atoms with Gasteiger partial charge in [0.1, 0.15) is 5.75 Å². The second-order valence-corrected chi connectivity index (χ2v) is 7.19. The molecule has 0 spiro atoms. The summed E-state index contributed by atoms with van der Waals surface area (Å²) in [6.45, 7) is 2.15. The topological polar surface area (TPSA) is 79.5 Å². The summed E-state index contributed by atoms with van der Waals surface area (Å²) in [5.41, 5.74) is 2.13. The molecule has 2 aromatic heterocycles. The highest BCUT2D eigenvalue weighted by molar-refractivity contribution is 6.06. The summed E-state index contributed by atoms with van der Waals surface area (Å²) < 4.78 is 14.0. The molecule has 0 atom stereocenters. The molecule has 0 amide bonds. The largest absolute Gasteiger partial charge is 0.465 e. The maximum absolute atomic E-state index is 12.4. The van der Waals surface area contributed by atoms with Crippen molar-refractivity contribution in [2.24, 2.45) is 0 Å². The fraction of sp³-hybridized carbons (Fsp3) is 0.318. The lowest BCUT2D eigenvalue weighted by Gasteiger charge is -2.08. The van der Waals surface area contributed by atoms with E-state index in [1.807, 2.05) is 13.0 Å². The van der Waals surface area contributed by atoms with Crippen molar-refractivity contribution < 1.29 is 19.1 Å². The van der Waals surface area contributed by atoms with E-state index in [1.54, 1.807) is 30.5 Å². The second-order valence-electron chi connectivity index (χ2n) is 7.19. The molecule has 2 heterocycles. The van der Waals surface area contributed by atoms with Crippen LogP contribution in [0, 0.1) is 6.92 Å². The molecule has 0 radical (unpaired) electrons. The van der Waals surface area contributed by atoms with Crippen molar-refractivity contribution in [3.63, 3.8) is 0 Å². The summed E-state index contributed by atoms with van der Waals surface area (Å²) in [5.74, 6) is -0.488. The molecule has 0 unspecified atom stereocenters. The molecule has 0 N–H and O–H groups in total. The number of aromatic nitrogens is 2. The predicted molar refractivity (Wildman–Crippen MR) is 107 cm³/mol. The summed E-state index contributed by atoms with van der Waals surface area (Å²) in [6, 6.07) is 10.5. The first-order valence-electron chi connectivity index (χ1n) is 9.58. The van der Waals surface area contributed by atoms with E-state index in [0.717, 1.165) is 24.1 Å². The SMILES string of the molecule is COC(=O)c1c(C)n(C2CC2)c2ccc(OC(=O)CCn3ccccc3=O)cc12. The summed E-state index contributed by atoms with van der Waals surface area (Å²) in [6.07, 6.45) is 3.86. The number of hydrogen-bond donors (Lipinski definition) is 0. The molecule has 29 heavy (non-hydrogen) atoms. The lowest BCUT2D eigenvalue weighted by Crippen LogP contribution is -2.20. The van der Waals surface area contributed by atoms with Gasteiger partial charge in [-0.3, -0.25) is 9.59 Å². The predicted octanol–water partition coefficient (Wildman–Crippen LogP) is 3.23. The highest BCUT2D eigenvalue weighted by Gasteiger charge is 2.30. The number of ether oxygens (including phenoxy) is 2. The first-order chi connectivity index (χ1) is 14.0. The zero-order chi connectivity index (χ0) is 20.5. The third-order valence-electron chi connectivity index (χ3n) is 5.21. The molecule has 1 aromatic carbocycles. The van der Waals surface area contributed by atoms with Crippen LogP contribution in [0.5, 0.6) is 5.75 Å². The quantitative estimate of drug-likeness (QED) is 0.474. The van der Waals surface area contributed by atoms with Gasteiger partial charge in [-0.1, -0.05) is 6.07 Å². The number of fused-ring (bicyclic) bond motifs is 1. The van der Waals surface area contributed by atoms with E-state index in [1.165, 1.54) is 17.7 Å². The zero-order valence-corrected chi connectivity index (χ0v) is 16.4. The molecule has 1 aliphatic carbocycles. The average Bonchev–Trinajstić information content (AvgIpc) is 3.50. The van der Waals surface area contributed by atoms with Gasteiger partial charge in [-0.2, -0.15) is 0 Å². The molecule has 3 aromatic rings. The smallest absolute Gasteiger partial charge is 0.340 e. The van der Waals surface area contributed by atoms with E-state index in [-0.39, 0.29) is 18.5 Å². The molecule has 0 saturated heterocycles. The van der Waals surface area contributed by atoms with Crippen LogP contribution >= 0.6 is 0 Å². The lowest BCUT2D eigenvalue weighted by atomic mass is 10.1. The number of esters is 2. The van der Waals surface area contributed by atoms with E-state index >= 15 is 0 Å². The Morgan fingerprint density at radius 1 is 1.17 bits per heavy atom. The van der Waals surface area contributed by atoms with Gasteiger partial charge in [0.05, 0.1) is 19.1 Å². The Morgan fingerprint density at radius 2 is 1.97 bits per heavy atom. The molecule has 1 fully saturated rings. The number of benzene rings is 1. The minimum atomic E-state index is -0.446. The average molecular weight is 394 g/mol. The number of carbonyl (C=O) groups excluding carboxylic acids is 2. The van der Waals surface area contributed by atoms with Crippen molar-refractivity contribution in [3.05, 3.63) is 64.2 Å². The zero-order valence-electron chi connectivity index (χ0n) is 16.4. The molecule has 1 aliphatic rings. The fourth-order valence-electron chi connectivity index (χ4n) is 3.69. The van der Waals surface area contributed by atoms with Gasteiger partial charge < -0.3 is 18.6 Å². The normalized spacial score (nSPS) is 13.4. The minimum absolute atomic E-state index is 0.0634. The Bertz CT molecular complexity index is 1150. The first kappa shape index (κ1) is 19.0. The fourth-order valence-corrected chi connectivity index (χ4v) is 3.69. The van der Waals surface area contributed by atoms with Crippen molar-refractivity contribution in [2.45, 2.75) is 38.8 Å². The number of rotatable bonds is 6. The van der Waals surface area contributed by atoms with Gasteiger partial charge in [0, 0.05) is 41.4 Å². The van der Waals surface area contributed by atoms with Gasteiger partial charge in [0.15, 0.2) is 0 Å². The standard InChI is InChI=1S/C22H22N2O5/c1-14-21(22(27)28-2)17-13-16(8-9-18(17)24(14)15-6-7-15)29-20(26)10-12-23-11-4-3-5-19(23)25/h3-5,8-9,11,13,15H,6-7,10,12H2,1-2H3. The van der Waals surface area contributed by atoms with E-state index in [9.17, 15) is 14.4 Å². The van der Waals surface area contributed by atoms with Gasteiger partial charge in [-0.25, -0.2) is 4.79 Å². The molecule has 7 heteroatoms. The Morgan fingerprint density at radius 3 is 2.66 bits per heavy atom. The van der Waals surface area contributed by atoms with E-state index in [4.69, 9.17) is 9.47 Å². The monoisotopic (exact) mass is 394 g/mol. The molecule has 0 aliphatic heterocycles. The van der Waals surface area contributed by atoms with Crippen LogP contribution in [-0.2, 0) is 16.1 Å². The molecule has 150 valence electrons. The Balaban J connectivity index is 1.58. The Kier molecular flexibility index (Phi) is 4.96. The Hall–Kier alpha value is -3.35. The summed E-state index contributed by atoms with van der Waals surface area (Å²) >= 11 is 0. The highest BCUT2D eigenvalue weighted by Crippen LogP contribution is 2.42. The first-order valence-corrected chi connectivity index (χ1v) is 9.58. The van der Waals surface area contributed by atoms with Crippen LogP contribution in [0.25, 0.3) is 10.9 Å². The van der Waals surface area contributed by atoms with Crippen LogP contribution in [0.2, 0.25) is 0 Å². The molecular formula is C22H22N2O5. The van der Waals surface area contributed by atoms with E-state index < -0.39 is 11.9 Å². The maximum atomic E-state index is 12.4. The van der Waals surface area contributed by atoms with Crippen LogP contribution in [0.3, 0.4) is 0 Å². The van der Waals surface area contributed by atoms with Crippen LogP contribution in [0.4, 0.5) is 0 Å². The molecule has 0 bridgehead atoms. The van der Waals surface area contributed by atoms with Crippen molar-refractivity contribution in [1.82, 2.24) is 9.13 Å². The van der Waals surface area contributed by atoms with E-state index in [0.29, 0.717) is 22.7 Å². The maximum Gasteiger partial charge on any atom is 0.340 e. The lowest BCUT2D eigenvalue weighted by molar-refractivity contribution is -0.134. The minimum Gasteiger partial charge on any atom is -0.465 e. The van der Waals surface area contributed by atoms with E-state index in [2.05, 4.69) is 4.57 Å². The molecule has 4 rings (SSSR count).